The average Bonchev–Trinajstić information content (AvgIpc) is 3.55. The predicted molar refractivity (Wildman–Crippen MR) is 144 cm³/mol. The number of amides is 1. The summed E-state index contributed by atoms with van der Waals surface area (Å²) in [5.74, 6) is 0.750. The van der Waals surface area contributed by atoms with E-state index in [0.717, 1.165) is 41.9 Å². The van der Waals surface area contributed by atoms with E-state index in [1.165, 1.54) is 10.8 Å². The second-order valence-electron chi connectivity index (χ2n) is 8.27. The van der Waals surface area contributed by atoms with E-state index in [-0.39, 0.29) is 22.3 Å². The number of thiazole rings is 1. The third-order valence-corrected chi connectivity index (χ3v) is 6.68. The van der Waals surface area contributed by atoms with Crippen LogP contribution in [0.15, 0.2) is 82.2 Å². The van der Waals surface area contributed by atoms with Crippen LogP contribution in [0.5, 0.6) is 5.75 Å². The van der Waals surface area contributed by atoms with Gasteiger partial charge in [-0.1, -0.05) is 50.1 Å². The van der Waals surface area contributed by atoms with Crippen LogP contribution >= 0.6 is 11.3 Å². The normalized spacial score (nSPS) is 12.2. The minimum absolute atomic E-state index is 0.129. The Morgan fingerprint density at radius 1 is 1.11 bits per heavy atom. The van der Waals surface area contributed by atoms with Crippen LogP contribution in [0.1, 0.15) is 37.5 Å². The number of nitriles is 1. The molecule has 8 heteroatoms. The summed E-state index contributed by atoms with van der Waals surface area (Å²) in [6, 6.07) is 21.9. The van der Waals surface area contributed by atoms with E-state index in [4.69, 9.17) is 9.15 Å². The summed E-state index contributed by atoms with van der Waals surface area (Å²) in [7, 11) is 0. The summed E-state index contributed by atoms with van der Waals surface area (Å²) in [4.78, 5) is 26.5. The number of carbonyl (C=O) groups excluding carboxylic acids is 1. The quantitative estimate of drug-likeness (QED) is 0.325. The third kappa shape index (κ3) is 6.46. The molecule has 0 unspecified atom stereocenters. The fourth-order valence-corrected chi connectivity index (χ4v) is 4.78. The number of nitrogens with zero attached hydrogens (tertiary/aromatic N) is 2. The molecule has 4 aromatic rings. The summed E-state index contributed by atoms with van der Waals surface area (Å²) in [5.41, 5.74) is 0.929. The molecule has 2 aromatic carbocycles. The first kappa shape index (κ1) is 25.7. The monoisotopic (exact) mass is 513 g/mol. The zero-order valence-corrected chi connectivity index (χ0v) is 21.3. The molecule has 4 rings (SSSR count). The van der Waals surface area contributed by atoms with Crippen LogP contribution in [0.25, 0.3) is 17.3 Å². The summed E-state index contributed by atoms with van der Waals surface area (Å²) in [6.45, 7) is 2.95. The molecule has 0 atom stereocenters. The lowest BCUT2D eigenvalue weighted by Crippen LogP contribution is -2.33. The predicted octanol–water partition coefficient (Wildman–Crippen LogP) is 3.88. The van der Waals surface area contributed by atoms with Gasteiger partial charge in [-0.05, 0) is 54.5 Å². The maximum Gasteiger partial charge on any atom is 0.273 e. The van der Waals surface area contributed by atoms with E-state index in [1.54, 1.807) is 42.5 Å². The van der Waals surface area contributed by atoms with E-state index in [1.807, 2.05) is 36.4 Å². The standard InChI is InChI=1S/C29H27N3O4S/c1-2-3-7-16-35-23-14-12-21(13-15-23)18-26-28(34)32(22-9-5-4-6-10-22)29(37-26)25(19-30)27(33)31-20-24-11-8-17-36-24/h4-6,8-15,17-18H,2-3,7,16,20H2,1H3,(H,31,33)/b26-18+,29-25+. The molecule has 0 saturated heterocycles. The molecule has 1 amide bonds. The molecule has 0 aliphatic carbocycles. The number of benzene rings is 2. The smallest absolute Gasteiger partial charge is 0.273 e. The van der Waals surface area contributed by atoms with Crippen molar-refractivity contribution in [1.82, 2.24) is 9.88 Å². The van der Waals surface area contributed by atoms with Crippen molar-refractivity contribution in [2.75, 3.05) is 6.61 Å². The largest absolute Gasteiger partial charge is 0.494 e. The van der Waals surface area contributed by atoms with Gasteiger partial charge in [0.2, 0.25) is 0 Å². The first-order valence-electron chi connectivity index (χ1n) is 12.1. The molecule has 0 aliphatic rings. The maximum absolute atomic E-state index is 13.5. The van der Waals surface area contributed by atoms with Gasteiger partial charge in [-0.25, -0.2) is 0 Å². The molecular weight excluding hydrogens is 486 g/mol. The van der Waals surface area contributed by atoms with Crippen molar-refractivity contribution >= 4 is 28.9 Å². The highest BCUT2D eigenvalue weighted by atomic mass is 32.1. The highest BCUT2D eigenvalue weighted by Crippen LogP contribution is 2.13. The SMILES string of the molecule is CCCCCOc1ccc(/C=c2/s/c(=C(\C#N)C(=O)NCc3ccco3)n(-c3ccccc3)c2=O)cc1. The molecule has 188 valence electrons. The second kappa shape index (κ2) is 12.6. The fraction of sp³-hybridized carbons (Fsp3) is 0.207. The number of unbranched alkanes of at least 4 members (excludes halogenated alkanes) is 2. The lowest BCUT2D eigenvalue weighted by molar-refractivity contribution is -0.115. The number of aromatic nitrogens is 1. The van der Waals surface area contributed by atoms with Gasteiger partial charge in [0.05, 0.1) is 29.6 Å². The molecule has 0 radical (unpaired) electrons. The minimum Gasteiger partial charge on any atom is -0.494 e. The highest BCUT2D eigenvalue weighted by Gasteiger charge is 2.17. The van der Waals surface area contributed by atoms with Gasteiger partial charge in [-0.2, -0.15) is 5.26 Å². The van der Waals surface area contributed by atoms with Crippen molar-refractivity contribution in [3.05, 3.63) is 104 Å². The molecule has 1 N–H and O–H groups in total. The molecular formula is C29H27N3O4S. The highest BCUT2D eigenvalue weighted by molar-refractivity contribution is 7.07. The zero-order valence-electron chi connectivity index (χ0n) is 20.5. The van der Waals surface area contributed by atoms with Crippen LogP contribution in [0.3, 0.4) is 0 Å². The van der Waals surface area contributed by atoms with Crippen LogP contribution in [-0.2, 0) is 11.3 Å². The number of furan rings is 1. The molecule has 2 heterocycles. The number of nitrogens with one attached hydrogen (secondary N) is 1. The van der Waals surface area contributed by atoms with Crippen molar-refractivity contribution in [2.24, 2.45) is 0 Å². The molecule has 7 nitrogen and oxygen atoms in total. The molecule has 0 spiro atoms. The lowest BCUT2D eigenvalue weighted by Gasteiger charge is -2.05. The Morgan fingerprint density at radius 2 is 1.89 bits per heavy atom. The van der Waals surface area contributed by atoms with Crippen molar-refractivity contribution in [1.29, 1.82) is 5.26 Å². The van der Waals surface area contributed by atoms with Gasteiger partial charge in [0, 0.05) is 0 Å². The number of para-hydroxylation sites is 1. The number of hydrogen-bond donors (Lipinski definition) is 1. The number of hydrogen-bond acceptors (Lipinski definition) is 6. The Morgan fingerprint density at radius 3 is 2.57 bits per heavy atom. The Balaban J connectivity index is 1.73. The first-order valence-corrected chi connectivity index (χ1v) is 12.9. The van der Waals surface area contributed by atoms with E-state index in [9.17, 15) is 14.9 Å². The van der Waals surface area contributed by atoms with Crippen LogP contribution in [0, 0.1) is 11.3 Å². The molecule has 2 aromatic heterocycles. The van der Waals surface area contributed by atoms with E-state index in [2.05, 4.69) is 12.2 Å². The molecule has 0 fully saturated rings. The van der Waals surface area contributed by atoms with Gasteiger partial charge in [-0.15, -0.1) is 11.3 Å². The van der Waals surface area contributed by atoms with Gasteiger partial charge in [0.25, 0.3) is 11.5 Å². The zero-order chi connectivity index (χ0) is 26.0. The van der Waals surface area contributed by atoms with Crippen LogP contribution in [-0.4, -0.2) is 17.1 Å². The summed E-state index contributed by atoms with van der Waals surface area (Å²) >= 11 is 1.10. The first-order chi connectivity index (χ1) is 18.1. The Labute approximate surface area is 218 Å². The van der Waals surface area contributed by atoms with Gasteiger partial charge >= 0.3 is 0 Å². The summed E-state index contributed by atoms with van der Waals surface area (Å²) < 4.78 is 13.1. The van der Waals surface area contributed by atoms with Crippen LogP contribution in [0.2, 0.25) is 0 Å². The van der Waals surface area contributed by atoms with Crippen molar-refractivity contribution in [3.8, 4) is 17.5 Å². The van der Waals surface area contributed by atoms with E-state index in [0.29, 0.717) is 22.6 Å². The topological polar surface area (TPSA) is 97.3 Å². The molecule has 0 saturated carbocycles. The Kier molecular flexibility index (Phi) is 8.74. The van der Waals surface area contributed by atoms with E-state index < -0.39 is 5.91 Å². The molecule has 0 bridgehead atoms. The Hall–Kier alpha value is -4.35. The summed E-state index contributed by atoms with van der Waals surface area (Å²) in [5, 5.41) is 12.6. The summed E-state index contributed by atoms with van der Waals surface area (Å²) in [6.07, 6.45) is 6.54. The Bertz CT molecular complexity index is 1540. The minimum atomic E-state index is -0.582. The van der Waals surface area contributed by atoms with Gasteiger partial charge in [0.15, 0.2) is 5.57 Å². The lowest BCUT2D eigenvalue weighted by atomic mass is 10.2. The van der Waals surface area contributed by atoms with Crippen LogP contribution < -0.4 is 24.8 Å². The van der Waals surface area contributed by atoms with Gasteiger partial charge in [-0.3, -0.25) is 14.2 Å². The number of carbonyl (C=O) groups is 1. The van der Waals surface area contributed by atoms with Crippen molar-refractivity contribution in [3.63, 3.8) is 0 Å². The maximum atomic E-state index is 13.5. The number of ether oxygens (including phenoxy) is 1. The fourth-order valence-electron chi connectivity index (χ4n) is 3.68. The van der Waals surface area contributed by atoms with Gasteiger partial charge < -0.3 is 14.5 Å². The van der Waals surface area contributed by atoms with E-state index >= 15 is 0 Å². The molecule has 0 aliphatic heterocycles. The van der Waals surface area contributed by atoms with Gasteiger partial charge in [0.1, 0.15) is 22.2 Å². The van der Waals surface area contributed by atoms with Crippen molar-refractivity contribution < 1.29 is 13.9 Å². The van der Waals surface area contributed by atoms with Crippen LogP contribution in [0.4, 0.5) is 0 Å². The molecule has 37 heavy (non-hydrogen) atoms. The third-order valence-electron chi connectivity index (χ3n) is 5.59. The number of rotatable bonds is 10. The average molecular weight is 514 g/mol. The second-order valence-corrected chi connectivity index (χ2v) is 9.30. The van der Waals surface area contributed by atoms with Crippen molar-refractivity contribution in [2.45, 2.75) is 32.7 Å².